The van der Waals surface area contributed by atoms with Crippen molar-refractivity contribution in [2.24, 2.45) is 0 Å². The van der Waals surface area contributed by atoms with E-state index in [0.717, 1.165) is 0 Å². The van der Waals surface area contributed by atoms with Gasteiger partial charge >= 0.3 is 0 Å². The van der Waals surface area contributed by atoms with Crippen molar-refractivity contribution in [1.29, 1.82) is 0 Å². The van der Waals surface area contributed by atoms with Crippen molar-refractivity contribution in [1.82, 2.24) is 0 Å². The van der Waals surface area contributed by atoms with Gasteiger partial charge in [-0.1, -0.05) is 86.0 Å². The van der Waals surface area contributed by atoms with Gasteiger partial charge in [0.05, 0.1) is 0 Å². The van der Waals surface area contributed by atoms with Gasteiger partial charge in [-0.2, -0.15) is 9.90 Å². The first-order valence-electron chi connectivity index (χ1n) is 5.22. The Hall–Kier alpha value is -1.36. The third-order valence-electron chi connectivity index (χ3n) is 2.07. The molecule has 1 atom stereocenters. The Balaban J connectivity index is 0. The van der Waals surface area contributed by atoms with Crippen molar-refractivity contribution in [2.75, 3.05) is 0 Å². The molecule has 0 saturated carbocycles. The molecule has 2 aromatic rings. The largest absolute Gasteiger partial charge is 0.153 e. The summed E-state index contributed by atoms with van der Waals surface area (Å²) in [5.74, 6) is 0. The second-order valence-electron chi connectivity index (χ2n) is 3.23. The third kappa shape index (κ3) is 7.84. The summed E-state index contributed by atoms with van der Waals surface area (Å²) in [5.41, 5.74) is 2.35. The zero-order chi connectivity index (χ0) is 11.6. The van der Waals surface area contributed by atoms with E-state index in [-0.39, 0.29) is 22.3 Å². The second-order valence-corrected chi connectivity index (χ2v) is 3.23. The highest BCUT2D eigenvalue weighted by Crippen LogP contribution is 1.98. The Labute approximate surface area is 119 Å². The molecule has 0 heterocycles. The highest BCUT2D eigenvalue weighted by Gasteiger charge is 1.76. The Bertz CT molecular complexity index is 380. The van der Waals surface area contributed by atoms with Crippen molar-refractivity contribution < 1.29 is 0 Å². The molecule has 2 aromatic carbocycles. The van der Waals surface area contributed by atoms with Gasteiger partial charge in [0, 0.05) is 0 Å². The molecule has 0 spiro atoms. The fourth-order valence-electron chi connectivity index (χ4n) is 1.18. The van der Waals surface area contributed by atoms with E-state index in [4.69, 9.17) is 0 Å². The summed E-state index contributed by atoms with van der Waals surface area (Å²) >= 11 is 0. The summed E-state index contributed by atoms with van der Waals surface area (Å²) in [6.07, 6.45) is 3.67. The van der Waals surface area contributed by atoms with E-state index in [2.05, 4.69) is 13.2 Å². The fourth-order valence-corrected chi connectivity index (χ4v) is 1.18. The third-order valence-corrected chi connectivity index (χ3v) is 2.07. The quantitative estimate of drug-likeness (QED) is 0.667. The molecule has 0 N–H and O–H groups in total. The van der Waals surface area contributed by atoms with Crippen molar-refractivity contribution in [3.63, 3.8) is 0 Å². The molecule has 18 heavy (non-hydrogen) atoms. The maximum Gasteiger partial charge on any atom is -0.0263 e. The summed E-state index contributed by atoms with van der Waals surface area (Å²) < 4.78 is 0. The average molecular weight is 279 g/mol. The van der Waals surface area contributed by atoms with Crippen LogP contribution in [0.3, 0.4) is 0 Å². The molecule has 0 fully saturated rings. The van der Waals surface area contributed by atoms with E-state index in [1.807, 2.05) is 72.8 Å². The highest BCUT2D eigenvalue weighted by molar-refractivity contribution is 6.92. The molecule has 96 valence electrons. The molecule has 0 aromatic heterocycles. The van der Waals surface area contributed by atoms with Crippen molar-refractivity contribution in [2.45, 2.75) is 0 Å². The minimum absolute atomic E-state index is 0. The lowest BCUT2D eigenvalue weighted by Gasteiger charge is -1.85. The second kappa shape index (κ2) is 12.1. The molecule has 2 heteroatoms. The molecule has 0 bridgehead atoms. The molecular weight excluding hydrogens is 259 g/mol. The number of rotatable bonds is 2. The molecule has 0 nitrogen and oxygen atoms in total. The van der Waals surface area contributed by atoms with E-state index in [1.165, 1.54) is 11.1 Å². The normalized spacial score (nSPS) is 7.56. The van der Waals surface area contributed by atoms with E-state index in [1.54, 1.807) is 0 Å². The predicted molar refractivity (Wildman–Crippen MR) is 91.4 cm³/mol. The lowest BCUT2D eigenvalue weighted by molar-refractivity contribution is 1.67. The minimum Gasteiger partial charge on any atom is -0.153 e. The summed E-state index contributed by atoms with van der Waals surface area (Å²) in [4.78, 5) is 0. The van der Waals surface area contributed by atoms with Gasteiger partial charge in [-0.05, 0) is 11.1 Å². The van der Waals surface area contributed by atoms with Crippen molar-refractivity contribution in [3.8, 4) is 0 Å². The van der Waals surface area contributed by atoms with Gasteiger partial charge < -0.3 is 0 Å². The first-order chi connectivity index (χ1) is 7.86. The Morgan fingerprint density at radius 3 is 1.06 bits per heavy atom. The van der Waals surface area contributed by atoms with Crippen LogP contribution in [0.1, 0.15) is 11.1 Å². The van der Waals surface area contributed by atoms with Crippen molar-refractivity contribution >= 4 is 34.5 Å². The van der Waals surface area contributed by atoms with Gasteiger partial charge in [0.2, 0.25) is 0 Å². The highest BCUT2D eigenvalue weighted by atomic mass is 35.5. The number of hydrogen-bond donors (Lipinski definition) is 0. The molecule has 0 saturated heterocycles. The summed E-state index contributed by atoms with van der Waals surface area (Å²) in [6, 6.07) is 20.1. The summed E-state index contributed by atoms with van der Waals surface area (Å²) in [5, 5.41) is 0. The van der Waals surface area contributed by atoms with Crippen LogP contribution in [0, 0.1) is 0 Å². The standard InChI is InChI=1S/2C8H8.ClH.H3P/c2*1-2-8-6-4-3-5-7-8;;/h2*2-7H,1H2;1H;1H3. The van der Waals surface area contributed by atoms with Gasteiger partial charge in [0.1, 0.15) is 0 Å². The average Bonchev–Trinajstić information content (AvgIpc) is 2.41. The van der Waals surface area contributed by atoms with E-state index < -0.39 is 0 Å². The maximum atomic E-state index is 3.63. The number of hydrogen-bond acceptors (Lipinski definition) is 0. The van der Waals surface area contributed by atoms with Gasteiger partial charge in [-0.15, -0.1) is 12.4 Å². The van der Waals surface area contributed by atoms with Crippen molar-refractivity contribution in [3.05, 3.63) is 84.9 Å². The van der Waals surface area contributed by atoms with E-state index in [0.29, 0.717) is 0 Å². The van der Waals surface area contributed by atoms with Gasteiger partial charge in [-0.3, -0.25) is 0 Å². The summed E-state index contributed by atoms with van der Waals surface area (Å²) in [6.45, 7) is 7.26. The monoisotopic (exact) mass is 278 g/mol. The number of benzene rings is 2. The molecule has 2 rings (SSSR count). The van der Waals surface area contributed by atoms with Gasteiger partial charge in [0.25, 0.3) is 0 Å². The molecule has 1 unspecified atom stereocenters. The maximum absolute atomic E-state index is 3.63. The zero-order valence-electron chi connectivity index (χ0n) is 10.5. The van der Waals surface area contributed by atoms with E-state index >= 15 is 0 Å². The lowest BCUT2D eigenvalue weighted by Crippen LogP contribution is -1.63. The molecule has 0 aliphatic heterocycles. The predicted octanol–water partition coefficient (Wildman–Crippen LogP) is 5.14. The Kier molecular flexibility index (Phi) is 12.8. The Morgan fingerprint density at radius 1 is 0.611 bits per heavy atom. The molecular formula is C16H20ClP. The minimum atomic E-state index is 0. The van der Waals surface area contributed by atoms with Crippen LogP contribution in [0.2, 0.25) is 0 Å². The van der Waals surface area contributed by atoms with Gasteiger partial charge in [-0.25, -0.2) is 0 Å². The molecule has 0 aliphatic carbocycles. The zero-order valence-corrected chi connectivity index (χ0v) is 12.7. The lowest BCUT2D eigenvalue weighted by atomic mass is 10.2. The smallest absolute Gasteiger partial charge is 0.0263 e. The molecule has 0 aliphatic rings. The van der Waals surface area contributed by atoms with Crippen LogP contribution in [0.5, 0.6) is 0 Å². The first-order valence-corrected chi connectivity index (χ1v) is 5.22. The summed E-state index contributed by atoms with van der Waals surface area (Å²) in [7, 11) is 0. The first kappa shape index (κ1) is 19.0. The Morgan fingerprint density at radius 2 is 0.889 bits per heavy atom. The van der Waals surface area contributed by atoms with Crippen LogP contribution in [-0.4, -0.2) is 0 Å². The van der Waals surface area contributed by atoms with Crippen LogP contribution < -0.4 is 0 Å². The molecule has 0 amide bonds. The van der Waals surface area contributed by atoms with Gasteiger partial charge in [0.15, 0.2) is 0 Å². The topological polar surface area (TPSA) is 0 Å². The molecule has 0 radical (unpaired) electrons. The van der Waals surface area contributed by atoms with Crippen LogP contribution in [0.4, 0.5) is 0 Å². The SMILES string of the molecule is C=Cc1ccccc1.C=Cc1ccccc1.Cl.P. The van der Waals surface area contributed by atoms with Crippen LogP contribution in [0.25, 0.3) is 12.2 Å². The number of halogens is 1. The van der Waals surface area contributed by atoms with Crippen LogP contribution in [0.15, 0.2) is 73.8 Å². The van der Waals surface area contributed by atoms with Crippen LogP contribution in [-0.2, 0) is 0 Å². The van der Waals surface area contributed by atoms with Crippen LogP contribution >= 0.6 is 22.3 Å². The van der Waals surface area contributed by atoms with E-state index in [9.17, 15) is 0 Å². The fraction of sp³-hybridized carbons (Fsp3) is 0.